The van der Waals surface area contributed by atoms with E-state index in [1.807, 2.05) is 0 Å². The van der Waals surface area contributed by atoms with Crippen molar-refractivity contribution >= 4 is 18.1 Å². The molecule has 0 aliphatic carbocycles. The second-order valence-corrected chi connectivity index (χ2v) is 4.00. The first-order chi connectivity index (χ1) is 5.95. The lowest BCUT2D eigenvalue weighted by molar-refractivity contribution is 1.08. The van der Waals surface area contributed by atoms with Crippen molar-refractivity contribution in [1.82, 2.24) is 0 Å². The highest BCUT2D eigenvalue weighted by Gasteiger charge is 2.08. The van der Waals surface area contributed by atoms with E-state index in [1.54, 1.807) is 0 Å². The molecule has 0 aliphatic heterocycles. The van der Waals surface area contributed by atoms with E-state index in [1.165, 1.54) is 27.9 Å². The van der Waals surface area contributed by atoms with Gasteiger partial charge >= 0.3 is 0 Å². The fraction of sp³-hybridized carbons (Fsp3) is 0.500. The van der Waals surface area contributed by atoms with Crippen LogP contribution in [-0.2, 0) is 0 Å². The predicted octanol–water partition coefficient (Wildman–Crippen LogP) is 3.41. The van der Waals surface area contributed by atoms with Gasteiger partial charge in [-0.25, -0.2) is 0 Å². The number of halogens is 1. The van der Waals surface area contributed by atoms with Crippen LogP contribution < -0.4 is 4.90 Å². The smallest absolute Gasteiger partial charge is 0.0425 e. The Hall–Kier alpha value is -0.690. The van der Waals surface area contributed by atoms with E-state index in [4.69, 9.17) is 0 Å². The molecule has 0 amide bonds. The maximum Gasteiger partial charge on any atom is 0.0425 e. The summed E-state index contributed by atoms with van der Waals surface area (Å²) in [4.78, 5) is 2.20. The summed E-state index contributed by atoms with van der Waals surface area (Å²) in [5.41, 5.74) is 6.93. The zero-order valence-corrected chi connectivity index (χ0v) is 10.7. The van der Waals surface area contributed by atoms with Crippen LogP contribution in [0.1, 0.15) is 22.3 Å². The normalized spacial score (nSPS) is 9.57. The SMILES string of the molecule is Cc1cc(C)c(C)c(N(C)C)c1C.Cl. The van der Waals surface area contributed by atoms with E-state index in [9.17, 15) is 0 Å². The minimum absolute atomic E-state index is 0. The monoisotopic (exact) mass is 213 g/mol. The molecule has 0 spiro atoms. The van der Waals surface area contributed by atoms with Crippen LogP contribution in [0.3, 0.4) is 0 Å². The Morgan fingerprint density at radius 2 is 1.21 bits per heavy atom. The lowest BCUT2D eigenvalue weighted by Crippen LogP contribution is -2.13. The summed E-state index contributed by atoms with van der Waals surface area (Å²) in [5, 5.41) is 0. The van der Waals surface area contributed by atoms with E-state index < -0.39 is 0 Å². The van der Waals surface area contributed by atoms with Gasteiger partial charge in [-0.3, -0.25) is 0 Å². The van der Waals surface area contributed by atoms with Gasteiger partial charge in [-0.05, 0) is 49.9 Å². The second-order valence-electron chi connectivity index (χ2n) is 4.00. The number of rotatable bonds is 1. The highest BCUT2D eigenvalue weighted by molar-refractivity contribution is 5.85. The summed E-state index contributed by atoms with van der Waals surface area (Å²) >= 11 is 0. The molecule has 14 heavy (non-hydrogen) atoms. The fourth-order valence-electron chi connectivity index (χ4n) is 1.87. The van der Waals surface area contributed by atoms with Crippen LogP contribution in [0.2, 0.25) is 0 Å². The molecule has 0 radical (unpaired) electrons. The molecule has 1 aromatic carbocycles. The van der Waals surface area contributed by atoms with Gasteiger partial charge in [0.25, 0.3) is 0 Å². The molecule has 0 aromatic heterocycles. The molecular formula is C12H20ClN. The van der Waals surface area contributed by atoms with Gasteiger partial charge in [0.05, 0.1) is 0 Å². The fourth-order valence-corrected chi connectivity index (χ4v) is 1.87. The zero-order chi connectivity index (χ0) is 10.2. The van der Waals surface area contributed by atoms with E-state index in [0.29, 0.717) is 0 Å². The van der Waals surface area contributed by atoms with Crippen molar-refractivity contribution in [1.29, 1.82) is 0 Å². The van der Waals surface area contributed by atoms with Gasteiger partial charge in [0.1, 0.15) is 0 Å². The van der Waals surface area contributed by atoms with Gasteiger partial charge in [0, 0.05) is 19.8 Å². The van der Waals surface area contributed by atoms with Gasteiger partial charge in [-0.2, -0.15) is 0 Å². The lowest BCUT2D eigenvalue weighted by Gasteiger charge is -2.21. The van der Waals surface area contributed by atoms with Crippen LogP contribution in [0.25, 0.3) is 0 Å². The molecule has 0 saturated carbocycles. The number of aryl methyl sites for hydroxylation is 2. The third kappa shape index (κ3) is 2.21. The molecule has 0 atom stereocenters. The molecule has 0 unspecified atom stereocenters. The van der Waals surface area contributed by atoms with Crippen molar-refractivity contribution in [2.75, 3.05) is 19.0 Å². The number of hydrogen-bond donors (Lipinski definition) is 0. The van der Waals surface area contributed by atoms with Crippen LogP contribution in [0, 0.1) is 27.7 Å². The molecule has 0 heterocycles. The van der Waals surface area contributed by atoms with Gasteiger partial charge in [-0.15, -0.1) is 12.4 Å². The van der Waals surface area contributed by atoms with Gasteiger partial charge in [0.15, 0.2) is 0 Å². The number of hydrogen-bond acceptors (Lipinski definition) is 1. The van der Waals surface area contributed by atoms with Crippen LogP contribution >= 0.6 is 12.4 Å². The Kier molecular flexibility index (Phi) is 4.47. The molecule has 1 nitrogen and oxygen atoms in total. The highest BCUT2D eigenvalue weighted by Crippen LogP contribution is 2.28. The van der Waals surface area contributed by atoms with Crippen molar-refractivity contribution < 1.29 is 0 Å². The first-order valence-corrected chi connectivity index (χ1v) is 4.70. The van der Waals surface area contributed by atoms with Gasteiger partial charge < -0.3 is 4.90 Å². The van der Waals surface area contributed by atoms with Gasteiger partial charge in [0.2, 0.25) is 0 Å². The standard InChI is InChI=1S/C12H19N.ClH/c1-8-7-9(2)11(4)12(10(8)3)13(5)6;/h7H,1-6H3;1H. The van der Waals surface area contributed by atoms with Crippen molar-refractivity contribution in [2.45, 2.75) is 27.7 Å². The Labute approximate surface area is 93.5 Å². The van der Waals surface area contributed by atoms with E-state index in [0.717, 1.165) is 0 Å². The zero-order valence-electron chi connectivity index (χ0n) is 9.93. The molecule has 2 heteroatoms. The highest BCUT2D eigenvalue weighted by atomic mass is 35.5. The third-order valence-corrected chi connectivity index (χ3v) is 2.77. The van der Waals surface area contributed by atoms with Crippen molar-refractivity contribution in [3.8, 4) is 0 Å². The molecule has 80 valence electrons. The topological polar surface area (TPSA) is 3.24 Å². The summed E-state index contributed by atoms with van der Waals surface area (Å²) in [7, 11) is 4.21. The maximum atomic E-state index is 2.26. The van der Waals surface area contributed by atoms with Crippen LogP contribution in [0.15, 0.2) is 6.07 Å². The van der Waals surface area contributed by atoms with Gasteiger partial charge in [-0.1, -0.05) is 6.07 Å². The first-order valence-electron chi connectivity index (χ1n) is 4.70. The van der Waals surface area contributed by atoms with Crippen LogP contribution in [-0.4, -0.2) is 14.1 Å². The first kappa shape index (κ1) is 13.3. The summed E-state index contributed by atoms with van der Waals surface area (Å²) in [6, 6.07) is 2.26. The minimum Gasteiger partial charge on any atom is -0.377 e. The molecule has 1 rings (SSSR count). The van der Waals surface area contributed by atoms with E-state index >= 15 is 0 Å². The van der Waals surface area contributed by atoms with Crippen molar-refractivity contribution in [3.63, 3.8) is 0 Å². The third-order valence-electron chi connectivity index (χ3n) is 2.77. The Bertz CT molecular complexity index is 303. The summed E-state index contributed by atoms with van der Waals surface area (Å²) in [5.74, 6) is 0. The molecule has 0 aliphatic rings. The largest absolute Gasteiger partial charge is 0.377 e. The second kappa shape index (κ2) is 4.70. The molecule has 0 saturated heterocycles. The average Bonchev–Trinajstić information content (AvgIpc) is 2.01. The summed E-state index contributed by atoms with van der Waals surface area (Å²) in [6.45, 7) is 8.73. The van der Waals surface area contributed by atoms with Crippen LogP contribution in [0.5, 0.6) is 0 Å². The Balaban J connectivity index is 0.00000169. The average molecular weight is 214 g/mol. The van der Waals surface area contributed by atoms with E-state index in [2.05, 4.69) is 52.8 Å². The van der Waals surface area contributed by atoms with Crippen molar-refractivity contribution in [3.05, 3.63) is 28.3 Å². The molecule has 1 aromatic rings. The van der Waals surface area contributed by atoms with Crippen molar-refractivity contribution in [2.24, 2.45) is 0 Å². The number of benzene rings is 1. The Morgan fingerprint density at radius 3 is 1.50 bits per heavy atom. The molecule has 0 fully saturated rings. The maximum absolute atomic E-state index is 2.26. The quantitative estimate of drug-likeness (QED) is 0.691. The molecule has 0 N–H and O–H groups in total. The predicted molar refractivity (Wildman–Crippen MR) is 67.0 cm³/mol. The molecule has 0 bridgehead atoms. The Morgan fingerprint density at radius 1 is 0.857 bits per heavy atom. The minimum atomic E-state index is 0. The molecular weight excluding hydrogens is 194 g/mol. The van der Waals surface area contributed by atoms with Crippen LogP contribution in [0.4, 0.5) is 5.69 Å². The summed E-state index contributed by atoms with van der Waals surface area (Å²) in [6.07, 6.45) is 0. The number of nitrogens with zero attached hydrogens (tertiary/aromatic N) is 1. The van der Waals surface area contributed by atoms with E-state index in [-0.39, 0.29) is 12.4 Å². The summed E-state index contributed by atoms with van der Waals surface area (Å²) < 4.78 is 0. The lowest BCUT2D eigenvalue weighted by atomic mass is 9.98. The number of anilines is 1.